The first-order valence-corrected chi connectivity index (χ1v) is 9.78. The number of hydrogen-bond donors (Lipinski definition) is 1. The topological polar surface area (TPSA) is 86.8 Å². The van der Waals surface area contributed by atoms with Crippen LogP contribution in [0.5, 0.6) is 0 Å². The number of carbonyl (C=O) groups excluding carboxylic acids is 4. The number of fused-ring (bicyclic) bond motifs is 1. The Labute approximate surface area is 164 Å². The summed E-state index contributed by atoms with van der Waals surface area (Å²) in [6, 6.07) is 4.47. The van der Waals surface area contributed by atoms with Gasteiger partial charge < -0.3 is 0 Å². The molecule has 3 heterocycles. The molecule has 2 atom stereocenters. The van der Waals surface area contributed by atoms with Crippen molar-refractivity contribution in [2.24, 2.45) is 0 Å². The normalized spacial score (nSPS) is 26.0. The van der Waals surface area contributed by atoms with Crippen molar-refractivity contribution < 1.29 is 19.2 Å². The van der Waals surface area contributed by atoms with Crippen molar-refractivity contribution in [2.45, 2.75) is 57.5 Å². The van der Waals surface area contributed by atoms with E-state index in [1.54, 1.807) is 6.07 Å². The number of carbonyl (C=O) groups is 4. The first-order valence-electron chi connectivity index (χ1n) is 9.78. The average molecular weight is 383 g/mol. The van der Waals surface area contributed by atoms with Gasteiger partial charge in [-0.1, -0.05) is 12.1 Å². The highest BCUT2D eigenvalue weighted by Gasteiger charge is 2.46. The second-order valence-corrected chi connectivity index (χ2v) is 8.82. The summed E-state index contributed by atoms with van der Waals surface area (Å²) >= 11 is 0. The van der Waals surface area contributed by atoms with E-state index >= 15 is 0 Å². The Kier molecular flexibility index (Phi) is 4.38. The lowest BCUT2D eigenvalue weighted by Crippen LogP contribution is -2.54. The van der Waals surface area contributed by atoms with Gasteiger partial charge in [-0.15, -0.1) is 0 Å². The number of nitrogens with zero attached hydrogens (tertiary/aromatic N) is 2. The molecule has 7 heteroatoms. The van der Waals surface area contributed by atoms with Gasteiger partial charge >= 0.3 is 0 Å². The Morgan fingerprint density at radius 3 is 2.43 bits per heavy atom. The lowest BCUT2D eigenvalue weighted by atomic mass is 9.91. The van der Waals surface area contributed by atoms with Crippen LogP contribution < -0.4 is 5.32 Å². The van der Waals surface area contributed by atoms with Gasteiger partial charge in [-0.3, -0.25) is 34.3 Å². The maximum Gasteiger partial charge on any atom is 0.262 e. The lowest BCUT2D eigenvalue weighted by Gasteiger charge is -2.31. The highest BCUT2D eigenvalue weighted by atomic mass is 16.2. The van der Waals surface area contributed by atoms with Crippen LogP contribution in [0, 0.1) is 0 Å². The maximum atomic E-state index is 13.2. The third-order valence-corrected chi connectivity index (χ3v) is 6.08. The zero-order chi connectivity index (χ0) is 20.2. The van der Waals surface area contributed by atoms with Crippen molar-refractivity contribution in [1.82, 2.24) is 15.1 Å². The Balaban J connectivity index is 1.66. The predicted octanol–water partition coefficient (Wildman–Crippen LogP) is 1.68. The van der Waals surface area contributed by atoms with Gasteiger partial charge in [0.1, 0.15) is 6.04 Å². The molecule has 7 nitrogen and oxygen atoms in total. The van der Waals surface area contributed by atoms with E-state index in [0.717, 1.165) is 30.0 Å². The van der Waals surface area contributed by atoms with Crippen molar-refractivity contribution in [3.8, 4) is 0 Å². The van der Waals surface area contributed by atoms with Crippen LogP contribution in [0.1, 0.15) is 72.2 Å². The van der Waals surface area contributed by atoms with E-state index < -0.39 is 23.8 Å². The Hall–Kier alpha value is -2.54. The molecule has 0 aliphatic carbocycles. The van der Waals surface area contributed by atoms with Crippen LogP contribution in [-0.2, 0) is 9.59 Å². The van der Waals surface area contributed by atoms with Crippen LogP contribution in [0.2, 0.25) is 0 Å². The number of benzene rings is 1. The Bertz CT molecular complexity index is 886. The maximum absolute atomic E-state index is 13.2. The number of hydrogen-bond acceptors (Lipinski definition) is 5. The fourth-order valence-corrected chi connectivity index (χ4v) is 4.50. The molecule has 2 unspecified atom stereocenters. The molecular formula is C21H25N3O4. The van der Waals surface area contributed by atoms with Crippen LogP contribution in [-0.4, -0.2) is 58.1 Å². The van der Waals surface area contributed by atoms with Crippen molar-refractivity contribution in [1.29, 1.82) is 0 Å². The molecule has 2 fully saturated rings. The first kappa shape index (κ1) is 18.8. The minimum atomic E-state index is -0.924. The van der Waals surface area contributed by atoms with E-state index in [2.05, 4.69) is 31.0 Å². The van der Waals surface area contributed by atoms with E-state index in [1.165, 1.54) is 0 Å². The fourth-order valence-electron chi connectivity index (χ4n) is 4.50. The van der Waals surface area contributed by atoms with Gasteiger partial charge in [-0.05, 0) is 57.7 Å². The van der Waals surface area contributed by atoms with Gasteiger partial charge in [0.05, 0.1) is 11.1 Å². The SMILES string of the molecule is CC(C)(C)N1CCC(c2cccc3c2C(=O)N(C2CCC(=O)NC2=O)C3=O)C1. The molecule has 0 saturated carbocycles. The quantitative estimate of drug-likeness (QED) is 0.785. The third-order valence-electron chi connectivity index (χ3n) is 6.08. The van der Waals surface area contributed by atoms with E-state index in [1.807, 2.05) is 12.1 Å². The van der Waals surface area contributed by atoms with Crippen LogP contribution >= 0.6 is 0 Å². The molecule has 4 rings (SSSR count). The fraction of sp³-hybridized carbons (Fsp3) is 0.524. The summed E-state index contributed by atoms with van der Waals surface area (Å²) in [6.07, 6.45) is 1.22. The molecule has 0 bridgehead atoms. The van der Waals surface area contributed by atoms with Gasteiger partial charge in [0, 0.05) is 18.5 Å². The zero-order valence-corrected chi connectivity index (χ0v) is 16.4. The second-order valence-electron chi connectivity index (χ2n) is 8.82. The molecule has 1 N–H and O–H groups in total. The number of amides is 4. The number of nitrogens with one attached hydrogen (secondary N) is 1. The lowest BCUT2D eigenvalue weighted by molar-refractivity contribution is -0.136. The third kappa shape index (κ3) is 2.94. The minimum absolute atomic E-state index is 0.0469. The van der Waals surface area contributed by atoms with Crippen molar-refractivity contribution in [3.05, 3.63) is 34.9 Å². The molecule has 0 spiro atoms. The van der Waals surface area contributed by atoms with Crippen LogP contribution in [0.3, 0.4) is 0 Å². The van der Waals surface area contributed by atoms with Crippen molar-refractivity contribution in [3.63, 3.8) is 0 Å². The number of piperidine rings is 1. The van der Waals surface area contributed by atoms with Gasteiger partial charge in [0.2, 0.25) is 11.8 Å². The molecule has 2 saturated heterocycles. The van der Waals surface area contributed by atoms with E-state index in [0.29, 0.717) is 11.1 Å². The van der Waals surface area contributed by atoms with Crippen LogP contribution in [0.4, 0.5) is 0 Å². The molecule has 148 valence electrons. The van der Waals surface area contributed by atoms with E-state index in [9.17, 15) is 19.2 Å². The van der Waals surface area contributed by atoms with Gasteiger partial charge in [0.25, 0.3) is 11.8 Å². The molecule has 1 aromatic carbocycles. The van der Waals surface area contributed by atoms with Gasteiger partial charge in [-0.25, -0.2) is 0 Å². The number of rotatable bonds is 2. The first-order chi connectivity index (χ1) is 13.2. The molecular weight excluding hydrogens is 358 g/mol. The number of imide groups is 2. The summed E-state index contributed by atoms with van der Waals surface area (Å²) in [5.41, 5.74) is 1.72. The molecule has 4 amide bonds. The second kappa shape index (κ2) is 6.51. The largest absolute Gasteiger partial charge is 0.298 e. The molecule has 0 aromatic heterocycles. The highest BCUT2D eigenvalue weighted by molar-refractivity contribution is 6.24. The van der Waals surface area contributed by atoms with Gasteiger partial charge in [0.15, 0.2) is 0 Å². The summed E-state index contributed by atoms with van der Waals surface area (Å²) in [5, 5.41) is 2.24. The summed E-state index contributed by atoms with van der Waals surface area (Å²) in [5.74, 6) is -1.63. The summed E-state index contributed by atoms with van der Waals surface area (Å²) < 4.78 is 0. The highest BCUT2D eigenvalue weighted by Crippen LogP contribution is 2.38. The van der Waals surface area contributed by atoms with Crippen LogP contribution in [0.15, 0.2) is 18.2 Å². The smallest absolute Gasteiger partial charge is 0.262 e. The Morgan fingerprint density at radius 1 is 1.04 bits per heavy atom. The Morgan fingerprint density at radius 2 is 1.79 bits per heavy atom. The summed E-state index contributed by atoms with van der Waals surface area (Å²) in [7, 11) is 0. The monoisotopic (exact) mass is 383 g/mol. The van der Waals surface area contributed by atoms with E-state index in [4.69, 9.17) is 0 Å². The predicted molar refractivity (Wildman–Crippen MR) is 102 cm³/mol. The molecule has 28 heavy (non-hydrogen) atoms. The van der Waals surface area contributed by atoms with Crippen LogP contribution in [0.25, 0.3) is 0 Å². The van der Waals surface area contributed by atoms with E-state index in [-0.39, 0.29) is 30.2 Å². The summed E-state index contributed by atoms with van der Waals surface area (Å²) in [4.78, 5) is 53.3. The molecule has 0 radical (unpaired) electrons. The molecule has 3 aliphatic rings. The van der Waals surface area contributed by atoms with Crippen molar-refractivity contribution in [2.75, 3.05) is 13.1 Å². The standard InChI is InChI=1S/C21H25N3O4/c1-21(2,3)23-10-9-12(11-23)13-5-4-6-14-17(13)20(28)24(19(14)27)15-7-8-16(25)22-18(15)26/h4-6,12,15H,7-11H2,1-3H3,(H,22,25,26). The van der Waals surface area contributed by atoms with Gasteiger partial charge in [-0.2, -0.15) is 0 Å². The molecule has 3 aliphatic heterocycles. The average Bonchev–Trinajstić information content (AvgIpc) is 3.21. The summed E-state index contributed by atoms with van der Waals surface area (Å²) in [6.45, 7) is 8.29. The zero-order valence-electron chi connectivity index (χ0n) is 16.4. The molecule has 1 aromatic rings. The number of likely N-dealkylation sites (tertiary alicyclic amines) is 1. The van der Waals surface area contributed by atoms with Crippen molar-refractivity contribution >= 4 is 23.6 Å². The minimum Gasteiger partial charge on any atom is -0.298 e.